The SMILES string of the molecule is Nc1nc2ccc(CCC(=O)O)cc2[nH]1. The van der Waals surface area contributed by atoms with Crippen LogP contribution in [0.3, 0.4) is 0 Å². The number of hydrogen-bond donors (Lipinski definition) is 3. The summed E-state index contributed by atoms with van der Waals surface area (Å²) in [5.41, 5.74) is 8.11. The van der Waals surface area contributed by atoms with Gasteiger partial charge in [0.25, 0.3) is 0 Å². The summed E-state index contributed by atoms with van der Waals surface area (Å²) in [5.74, 6) is -0.417. The molecule has 0 atom stereocenters. The molecule has 1 aromatic heterocycles. The minimum absolute atomic E-state index is 0.134. The molecule has 0 aliphatic heterocycles. The highest BCUT2D eigenvalue weighted by atomic mass is 16.4. The zero-order valence-electron chi connectivity index (χ0n) is 8.03. The summed E-state index contributed by atoms with van der Waals surface area (Å²) >= 11 is 0. The van der Waals surface area contributed by atoms with Gasteiger partial charge in [-0.25, -0.2) is 4.98 Å². The van der Waals surface area contributed by atoms with Crippen LogP contribution in [-0.2, 0) is 11.2 Å². The van der Waals surface area contributed by atoms with E-state index >= 15 is 0 Å². The molecule has 0 saturated heterocycles. The molecular formula is C10H11N3O2. The molecule has 0 fully saturated rings. The summed E-state index contributed by atoms with van der Waals surface area (Å²) in [6, 6.07) is 5.58. The topological polar surface area (TPSA) is 92.0 Å². The number of benzene rings is 1. The molecule has 5 heteroatoms. The number of nitrogens with zero attached hydrogens (tertiary/aromatic N) is 1. The Morgan fingerprint density at radius 3 is 3.07 bits per heavy atom. The van der Waals surface area contributed by atoms with Gasteiger partial charge in [0, 0.05) is 6.42 Å². The monoisotopic (exact) mass is 205 g/mol. The molecule has 2 aromatic rings. The van der Waals surface area contributed by atoms with Crippen molar-refractivity contribution < 1.29 is 9.90 Å². The van der Waals surface area contributed by atoms with Crippen molar-refractivity contribution in [2.75, 3.05) is 5.73 Å². The number of aryl methyl sites for hydroxylation is 1. The Morgan fingerprint density at radius 1 is 1.53 bits per heavy atom. The van der Waals surface area contributed by atoms with Gasteiger partial charge in [-0.2, -0.15) is 0 Å². The number of anilines is 1. The Hall–Kier alpha value is -2.04. The van der Waals surface area contributed by atoms with Crippen LogP contribution in [0.1, 0.15) is 12.0 Å². The van der Waals surface area contributed by atoms with Crippen LogP contribution in [0, 0.1) is 0 Å². The number of H-pyrrole nitrogens is 1. The fraction of sp³-hybridized carbons (Fsp3) is 0.200. The van der Waals surface area contributed by atoms with Crippen molar-refractivity contribution >= 4 is 23.0 Å². The Labute approximate surface area is 85.9 Å². The molecule has 0 unspecified atom stereocenters. The third kappa shape index (κ3) is 2.07. The number of aromatic amines is 1. The molecule has 4 N–H and O–H groups in total. The number of carboxylic acid groups (broad SMARTS) is 1. The van der Waals surface area contributed by atoms with E-state index in [9.17, 15) is 4.79 Å². The number of nitrogens with one attached hydrogen (secondary N) is 1. The Balaban J connectivity index is 2.26. The molecule has 0 bridgehead atoms. The average Bonchev–Trinajstić information content (AvgIpc) is 2.53. The summed E-state index contributed by atoms with van der Waals surface area (Å²) in [6.07, 6.45) is 0.652. The Kier molecular flexibility index (Phi) is 2.29. The molecule has 5 nitrogen and oxygen atoms in total. The van der Waals surface area contributed by atoms with Gasteiger partial charge in [-0.15, -0.1) is 0 Å². The normalized spacial score (nSPS) is 10.7. The first kappa shape index (κ1) is 9.51. The van der Waals surface area contributed by atoms with Crippen molar-refractivity contribution in [3.8, 4) is 0 Å². The Bertz CT molecular complexity index is 504. The predicted molar refractivity (Wildman–Crippen MR) is 56.5 cm³/mol. The zero-order chi connectivity index (χ0) is 10.8. The van der Waals surface area contributed by atoms with E-state index in [-0.39, 0.29) is 6.42 Å². The summed E-state index contributed by atoms with van der Waals surface area (Å²) in [6.45, 7) is 0. The van der Waals surface area contributed by atoms with E-state index in [4.69, 9.17) is 10.8 Å². The molecule has 78 valence electrons. The van der Waals surface area contributed by atoms with Gasteiger partial charge in [0.2, 0.25) is 0 Å². The lowest BCUT2D eigenvalue weighted by molar-refractivity contribution is -0.136. The van der Waals surface area contributed by atoms with Crippen molar-refractivity contribution in [2.24, 2.45) is 0 Å². The molecule has 1 aromatic carbocycles. The second-order valence-corrected chi connectivity index (χ2v) is 3.37. The predicted octanol–water partition coefficient (Wildman–Crippen LogP) is 1.16. The van der Waals surface area contributed by atoms with Gasteiger partial charge < -0.3 is 15.8 Å². The number of fused-ring (bicyclic) bond motifs is 1. The second kappa shape index (κ2) is 3.61. The van der Waals surface area contributed by atoms with Crippen LogP contribution < -0.4 is 5.73 Å². The quantitative estimate of drug-likeness (QED) is 0.701. The molecule has 1 heterocycles. The van der Waals surface area contributed by atoms with Crippen molar-refractivity contribution in [3.05, 3.63) is 23.8 Å². The van der Waals surface area contributed by atoms with E-state index in [1.165, 1.54) is 0 Å². The van der Waals surface area contributed by atoms with Crippen LogP contribution in [0.15, 0.2) is 18.2 Å². The van der Waals surface area contributed by atoms with E-state index in [1.807, 2.05) is 18.2 Å². The number of imidazole rings is 1. The maximum absolute atomic E-state index is 10.4. The first-order valence-electron chi connectivity index (χ1n) is 4.61. The summed E-state index contributed by atoms with van der Waals surface area (Å²) in [7, 11) is 0. The van der Waals surface area contributed by atoms with Crippen molar-refractivity contribution in [2.45, 2.75) is 12.8 Å². The fourth-order valence-electron chi connectivity index (χ4n) is 1.48. The highest BCUT2D eigenvalue weighted by Crippen LogP contribution is 2.15. The largest absolute Gasteiger partial charge is 0.481 e. The maximum atomic E-state index is 10.4. The highest BCUT2D eigenvalue weighted by Gasteiger charge is 2.03. The number of nitrogens with two attached hydrogens (primary N) is 1. The van der Waals surface area contributed by atoms with Gasteiger partial charge in [0.1, 0.15) is 0 Å². The van der Waals surface area contributed by atoms with Crippen LogP contribution in [0.25, 0.3) is 11.0 Å². The van der Waals surface area contributed by atoms with E-state index in [0.717, 1.165) is 16.6 Å². The van der Waals surface area contributed by atoms with Gasteiger partial charge in [-0.3, -0.25) is 4.79 Å². The molecule has 0 aliphatic carbocycles. The fourth-order valence-corrected chi connectivity index (χ4v) is 1.48. The number of carbonyl (C=O) groups is 1. The van der Waals surface area contributed by atoms with Gasteiger partial charge in [-0.05, 0) is 24.1 Å². The van der Waals surface area contributed by atoms with Crippen LogP contribution in [0.5, 0.6) is 0 Å². The molecule has 2 rings (SSSR count). The summed E-state index contributed by atoms with van der Waals surface area (Å²) < 4.78 is 0. The van der Waals surface area contributed by atoms with Crippen LogP contribution in [0.2, 0.25) is 0 Å². The third-order valence-electron chi connectivity index (χ3n) is 2.19. The smallest absolute Gasteiger partial charge is 0.303 e. The van der Waals surface area contributed by atoms with E-state index < -0.39 is 5.97 Å². The van der Waals surface area contributed by atoms with Gasteiger partial charge in [0.15, 0.2) is 5.95 Å². The van der Waals surface area contributed by atoms with Crippen LogP contribution in [-0.4, -0.2) is 21.0 Å². The third-order valence-corrected chi connectivity index (χ3v) is 2.19. The van der Waals surface area contributed by atoms with Crippen LogP contribution >= 0.6 is 0 Å². The summed E-state index contributed by atoms with van der Waals surface area (Å²) in [4.78, 5) is 17.4. The van der Waals surface area contributed by atoms with Crippen molar-refractivity contribution in [1.29, 1.82) is 0 Å². The number of rotatable bonds is 3. The molecule has 0 aliphatic rings. The van der Waals surface area contributed by atoms with E-state index in [0.29, 0.717) is 12.4 Å². The zero-order valence-corrected chi connectivity index (χ0v) is 8.03. The first-order chi connectivity index (χ1) is 7.15. The van der Waals surface area contributed by atoms with Crippen LogP contribution in [0.4, 0.5) is 5.95 Å². The number of hydrogen-bond acceptors (Lipinski definition) is 3. The van der Waals surface area contributed by atoms with Gasteiger partial charge >= 0.3 is 5.97 Å². The highest BCUT2D eigenvalue weighted by molar-refractivity contribution is 5.78. The van der Waals surface area contributed by atoms with Gasteiger partial charge in [-0.1, -0.05) is 6.07 Å². The minimum atomic E-state index is -0.792. The number of nitrogen functional groups attached to an aromatic ring is 1. The Morgan fingerprint density at radius 2 is 2.33 bits per heavy atom. The second-order valence-electron chi connectivity index (χ2n) is 3.37. The van der Waals surface area contributed by atoms with Crippen molar-refractivity contribution in [3.63, 3.8) is 0 Å². The molecule has 15 heavy (non-hydrogen) atoms. The van der Waals surface area contributed by atoms with Crippen molar-refractivity contribution in [1.82, 2.24) is 9.97 Å². The molecular weight excluding hydrogens is 194 g/mol. The first-order valence-corrected chi connectivity index (χ1v) is 4.61. The molecule has 0 radical (unpaired) electrons. The standard InChI is InChI=1S/C10H11N3O2/c11-10-12-7-3-1-6(2-4-9(14)15)5-8(7)13-10/h1,3,5H,2,4H2,(H,14,15)(H3,11,12,13). The number of carboxylic acids is 1. The lowest BCUT2D eigenvalue weighted by Gasteiger charge is -1.97. The average molecular weight is 205 g/mol. The van der Waals surface area contributed by atoms with E-state index in [2.05, 4.69) is 9.97 Å². The lowest BCUT2D eigenvalue weighted by atomic mass is 10.1. The maximum Gasteiger partial charge on any atom is 0.303 e. The molecule has 0 spiro atoms. The number of aromatic nitrogens is 2. The lowest BCUT2D eigenvalue weighted by Crippen LogP contribution is -1.97. The summed E-state index contributed by atoms with van der Waals surface area (Å²) in [5, 5.41) is 8.55. The number of aliphatic carboxylic acids is 1. The molecule has 0 saturated carbocycles. The van der Waals surface area contributed by atoms with E-state index in [1.54, 1.807) is 0 Å². The van der Waals surface area contributed by atoms with Gasteiger partial charge in [0.05, 0.1) is 11.0 Å². The minimum Gasteiger partial charge on any atom is -0.481 e. The molecule has 0 amide bonds.